The van der Waals surface area contributed by atoms with Crippen molar-refractivity contribution in [2.75, 3.05) is 26.1 Å². The molecular formula is C15H14F5NO5. The summed E-state index contributed by atoms with van der Waals surface area (Å²) >= 11 is 0. The summed E-state index contributed by atoms with van der Waals surface area (Å²) in [5, 5.41) is 2.22. The SMILES string of the molecule is COC(=O)/C=C(/Nc1cc(C(F)(F)F)ccc1OCC(F)F)C(=O)OC. The third-order valence-corrected chi connectivity index (χ3v) is 2.81. The van der Waals surface area contributed by atoms with Gasteiger partial charge in [-0.1, -0.05) is 0 Å². The van der Waals surface area contributed by atoms with Gasteiger partial charge in [-0.25, -0.2) is 18.4 Å². The first-order valence-electron chi connectivity index (χ1n) is 6.85. The highest BCUT2D eigenvalue weighted by molar-refractivity contribution is 5.99. The van der Waals surface area contributed by atoms with Gasteiger partial charge in [-0.15, -0.1) is 0 Å². The van der Waals surface area contributed by atoms with Crippen molar-refractivity contribution in [1.29, 1.82) is 0 Å². The molecule has 0 radical (unpaired) electrons. The Hall–Kier alpha value is -2.85. The molecule has 0 atom stereocenters. The predicted molar refractivity (Wildman–Crippen MR) is 78.7 cm³/mol. The number of hydrogen-bond acceptors (Lipinski definition) is 6. The van der Waals surface area contributed by atoms with Crippen LogP contribution in [0.15, 0.2) is 30.0 Å². The van der Waals surface area contributed by atoms with Gasteiger partial charge in [-0.05, 0) is 18.2 Å². The Labute approximate surface area is 144 Å². The first-order valence-corrected chi connectivity index (χ1v) is 6.85. The molecule has 0 aliphatic carbocycles. The number of benzene rings is 1. The first-order chi connectivity index (χ1) is 12.1. The Morgan fingerprint density at radius 2 is 1.85 bits per heavy atom. The lowest BCUT2D eigenvalue weighted by atomic mass is 10.1. The van der Waals surface area contributed by atoms with Crippen molar-refractivity contribution in [3.05, 3.63) is 35.5 Å². The average molecular weight is 383 g/mol. The second-order valence-electron chi connectivity index (χ2n) is 4.61. The zero-order chi connectivity index (χ0) is 19.9. The van der Waals surface area contributed by atoms with E-state index in [1.807, 2.05) is 0 Å². The van der Waals surface area contributed by atoms with Crippen LogP contribution in [-0.2, 0) is 25.2 Å². The molecule has 0 heterocycles. The summed E-state index contributed by atoms with van der Waals surface area (Å²) in [7, 11) is 1.98. The number of anilines is 1. The topological polar surface area (TPSA) is 73.9 Å². The third kappa shape index (κ3) is 6.22. The average Bonchev–Trinajstić information content (AvgIpc) is 2.57. The minimum Gasteiger partial charge on any atom is -0.485 e. The van der Waals surface area contributed by atoms with Gasteiger partial charge < -0.3 is 19.5 Å². The van der Waals surface area contributed by atoms with E-state index in [-0.39, 0.29) is 0 Å². The van der Waals surface area contributed by atoms with Crippen molar-refractivity contribution in [2.24, 2.45) is 0 Å². The number of hydrogen-bond donors (Lipinski definition) is 1. The molecule has 0 unspecified atom stereocenters. The number of methoxy groups -OCH3 is 2. The summed E-state index contributed by atoms with van der Waals surface area (Å²) < 4.78 is 76.7. The molecular weight excluding hydrogens is 369 g/mol. The predicted octanol–water partition coefficient (Wildman–Crippen LogP) is 2.99. The standard InChI is InChI=1S/C15H14F5NO5/c1-24-13(22)6-10(14(23)25-2)21-9-5-8(15(18,19)20)3-4-11(9)26-7-12(16)17/h3-6,12,21H,7H2,1-2H3/b10-6+. The Kier molecular flexibility index (Phi) is 7.35. The van der Waals surface area contributed by atoms with Gasteiger partial charge in [0.1, 0.15) is 18.1 Å². The van der Waals surface area contributed by atoms with Crippen LogP contribution in [0.2, 0.25) is 0 Å². The fourth-order valence-corrected chi connectivity index (χ4v) is 1.66. The minimum atomic E-state index is -4.74. The Morgan fingerprint density at radius 3 is 2.35 bits per heavy atom. The van der Waals surface area contributed by atoms with Crippen LogP contribution in [0.25, 0.3) is 0 Å². The minimum absolute atomic E-state index is 0.391. The van der Waals surface area contributed by atoms with Gasteiger partial charge in [-0.3, -0.25) is 0 Å². The van der Waals surface area contributed by atoms with Crippen LogP contribution >= 0.6 is 0 Å². The van der Waals surface area contributed by atoms with E-state index in [0.717, 1.165) is 20.3 Å². The summed E-state index contributed by atoms with van der Waals surface area (Å²) in [6.07, 6.45) is -6.99. The van der Waals surface area contributed by atoms with E-state index in [9.17, 15) is 31.5 Å². The van der Waals surface area contributed by atoms with Crippen molar-refractivity contribution in [2.45, 2.75) is 12.6 Å². The summed E-state index contributed by atoms with van der Waals surface area (Å²) in [6.45, 7) is -1.09. The largest absolute Gasteiger partial charge is 0.485 e. The van der Waals surface area contributed by atoms with Gasteiger partial charge in [0, 0.05) is 0 Å². The van der Waals surface area contributed by atoms with E-state index in [0.29, 0.717) is 18.2 Å². The Bertz CT molecular complexity index is 687. The molecule has 0 aromatic heterocycles. The molecule has 1 aromatic rings. The zero-order valence-electron chi connectivity index (χ0n) is 13.5. The van der Waals surface area contributed by atoms with Gasteiger partial charge in [0.2, 0.25) is 0 Å². The molecule has 0 amide bonds. The number of ether oxygens (including phenoxy) is 3. The van der Waals surface area contributed by atoms with Crippen molar-refractivity contribution in [3.8, 4) is 5.75 Å². The highest BCUT2D eigenvalue weighted by Crippen LogP contribution is 2.35. The van der Waals surface area contributed by atoms with Crippen LogP contribution in [0.4, 0.5) is 27.6 Å². The maximum atomic E-state index is 12.9. The van der Waals surface area contributed by atoms with Crippen molar-refractivity contribution >= 4 is 17.6 Å². The van der Waals surface area contributed by atoms with Crippen LogP contribution in [0, 0.1) is 0 Å². The van der Waals surface area contributed by atoms with E-state index in [4.69, 9.17) is 4.74 Å². The van der Waals surface area contributed by atoms with Crippen molar-refractivity contribution in [3.63, 3.8) is 0 Å². The smallest absolute Gasteiger partial charge is 0.416 e. The van der Waals surface area contributed by atoms with E-state index in [1.54, 1.807) is 0 Å². The molecule has 6 nitrogen and oxygen atoms in total. The second-order valence-corrected chi connectivity index (χ2v) is 4.61. The van der Waals surface area contributed by atoms with Gasteiger partial charge >= 0.3 is 18.1 Å². The molecule has 1 rings (SSSR count). The summed E-state index contributed by atoms with van der Waals surface area (Å²) in [6, 6.07) is 1.96. The molecule has 1 N–H and O–H groups in total. The monoisotopic (exact) mass is 383 g/mol. The first kappa shape index (κ1) is 21.2. The number of carbonyl (C=O) groups is 2. The van der Waals surface area contributed by atoms with Gasteiger partial charge in [0.05, 0.1) is 31.5 Å². The molecule has 144 valence electrons. The van der Waals surface area contributed by atoms with Crippen LogP contribution < -0.4 is 10.1 Å². The third-order valence-electron chi connectivity index (χ3n) is 2.81. The Morgan fingerprint density at radius 1 is 1.19 bits per heavy atom. The molecule has 1 aromatic carbocycles. The molecule has 0 fully saturated rings. The van der Waals surface area contributed by atoms with Crippen LogP contribution in [-0.4, -0.2) is 39.2 Å². The lowest BCUT2D eigenvalue weighted by Gasteiger charge is -2.16. The fraction of sp³-hybridized carbons (Fsp3) is 0.333. The lowest BCUT2D eigenvalue weighted by Crippen LogP contribution is -2.17. The van der Waals surface area contributed by atoms with Gasteiger partial charge in [0.15, 0.2) is 0 Å². The number of alkyl halides is 5. The number of nitrogens with one attached hydrogen (secondary N) is 1. The summed E-state index contributed by atoms with van der Waals surface area (Å²) in [5.74, 6) is -2.49. The highest BCUT2D eigenvalue weighted by Gasteiger charge is 2.31. The molecule has 0 saturated heterocycles. The quantitative estimate of drug-likeness (QED) is 0.443. The van der Waals surface area contributed by atoms with E-state index < -0.39 is 53.8 Å². The van der Waals surface area contributed by atoms with E-state index in [2.05, 4.69) is 14.8 Å². The van der Waals surface area contributed by atoms with E-state index >= 15 is 0 Å². The summed E-state index contributed by atoms with van der Waals surface area (Å²) in [5.41, 5.74) is -2.19. The molecule has 26 heavy (non-hydrogen) atoms. The highest BCUT2D eigenvalue weighted by atomic mass is 19.4. The molecule has 0 bridgehead atoms. The molecule has 0 spiro atoms. The summed E-state index contributed by atoms with van der Waals surface area (Å²) in [4.78, 5) is 23.0. The fourth-order valence-electron chi connectivity index (χ4n) is 1.66. The van der Waals surface area contributed by atoms with Crippen LogP contribution in [0.3, 0.4) is 0 Å². The number of esters is 2. The van der Waals surface area contributed by atoms with Crippen molar-refractivity contribution in [1.82, 2.24) is 0 Å². The van der Waals surface area contributed by atoms with Gasteiger partial charge in [-0.2, -0.15) is 13.2 Å². The molecule has 0 saturated carbocycles. The van der Waals surface area contributed by atoms with Crippen LogP contribution in [0.5, 0.6) is 5.75 Å². The maximum absolute atomic E-state index is 12.9. The number of carbonyl (C=O) groups excluding carboxylic acids is 2. The number of rotatable bonds is 7. The van der Waals surface area contributed by atoms with Crippen LogP contribution in [0.1, 0.15) is 5.56 Å². The molecule has 11 heteroatoms. The normalized spacial score (nSPS) is 11.9. The van der Waals surface area contributed by atoms with E-state index in [1.165, 1.54) is 0 Å². The Balaban J connectivity index is 3.32. The maximum Gasteiger partial charge on any atom is 0.416 e. The number of halogens is 5. The van der Waals surface area contributed by atoms with Crippen molar-refractivity contribution < 1.29 is 45.8 Å². The zero-order valence-corrected chi connectivity index (χ0v) is 13.5. The second kappa shape index (κ2) is 9.02. The van der Waals surface area contributed by atoms with Gasteiger partial charge in [0.25, 0.3) is 6.43 Å². The molecule has 0 aliphatic heterocycles. The molecule has 0 aliphatic rings. The lowest BCUT2D eigenvalue weighted by molar-refractivity contribution is -0.138.